The summed E-state index contributed by atoms with van der Waals surface area (Å²) in [6.07, 6.45) is 3.93. The molecular formula is C14H24N2O. The summed E-state index contributed by atoms with van der Waals surface area (Å²) in [4.78, 5) is 4.43. The molecule has 0 bridgehead atoms. The lowest BCUT2D eigenvalue weighted by molar-refractivity contribution is 0.288. The summed E-state index contributed by atoms with van der Waals surface area (Å²) in [5.74, 6) is 1.54. The molecule has 1 unspecified atom stereocenters. The third kappa shape index (κ3) is 4.73. The minimum atomic E-state index is 0.333. The molecule has 3 nitrogen and oxygen atoms in total. The Labute approximate surface area is 105 Å². The van der Waals surface area contributed by atoms with Gasteiger partial charge in [-0.25, -0.2) is 0 Å². The highest BCUT2D eigenvalue weighted by atomic mass is 16.5. The maximum atomic E-state index is 5.64. The van der Waals surface area contributed by atoms with Crippen molar-refractivity contribution < 1.29 is 4.74 Å². The Kier molecular flexibility index (Phi) is 5.98. The van der Waals surface area contributed by atoms with Crippen LogP contribution in [0.2, 0.25) is 0 Å². The summed E-state index contributed by atoms with van der Waals surface area (Å²) >= 11 is 0. The fourth-order valence-corrected chi connectivity index (χ4v) is 1.66. The number of ether oxygens (including phenoxy) is 1. The van der Waals surface area contributed by atoms with Crippen molar-refractivity contribution in [2.75, 3.05) is 13.7 Å². The minimum Gasteiger partial charge on any atom is -0.492 e. The molecule has 3 heteroatoms. The molecule has 0 saturated carbocycles. The molecule has 0 amide bonds. The number of hydrogen-bond donors (Lipinski definition) is 1. The molecule has 0 aromatic carbocycles. The number of nitrogens with zero attached hydrogens (tertiary/aromatic N) is 1. The highest BCUT2D eigenvalue weighted by Gasteiger charge is 2.07. The summed E-state index contributed by atoms with van der Waals surface area (Å²) in [6, 6.07) is 4.37. The van der Waals surface area contributed by atoms with E-state index in [2.05, 4.69) is 31.1 Å². The molecule has 1 N–H and O–H groups in total. The molecule has 0 aliphatic rings. The Morgan fingerprint density at radius 3 is 2.59 bits per heavy atom. The second-order valence-corrected chi connectivity index (χ2v) is 4.70. The van der Waals surface area contributed by atoms with Gasteiger partial charge in [-0.3, -0.25) is 4.98 Å². The zero-order chi connectivity index (χ0) is 12.7. The van der Waals surface area contributed by atoms with E-state index in [1.165, 1.54) is 0 Å². The molecule has 1 atom stereocenters. The molecule has 0 aliphatic heterocycles. The van der Waals surface area contributed by atoms with Gasteiger partial charge in [0, 0.05) is 6.04 Å². The van der Waals surface area contributed by atoms with E-state index in [-0.39, 0.29) is 0 Å². The first kappa shape index (κ1) is 14.0. The number of aromatic nitrogens is 1. The van der Waals surface area contributed by atoms with Gasteiger partial charge in [0.05, 0.1) is 18.5 Å². The Morgan fingerprint density at radius 2 is 2.12 bits per heavy atom. The fourth-order valence-electron chi connectivity index (χ4n) is 1.66. The number of pyridine rings is 1. The van der Waals surface area contributed by atoms with Crippen LogP contribution < -0.4 is 10.1 Å². The highest BCUT2D eigenvalue weighted by molar-refractivity contribution is 5.21. The average molecular weight is 236 g/mol. The molecule has 1 rings (SSSR count). The first-order valence-electron chi connectivity index (χ1n) is 6.43. The second kappa shape index (κ2) is 7.28. The van der Waals surface area contributed by atoms with Gasteiger partial charge in [-0.15, -0.1) is 0 Å². The highest BCUT2D eigenvalue weighted by Crippen LogP contribution is 2.17. The second-order valence-electron chi connectivity index (χ2n) is 4.70. The first-order valence-corrected chi connectivity index (χ1v) is 6.43. The lowest BCUT2D eigenvalue weighted by atomic mass is 10.1. The van der Waals surface area contributed by atoms with Crippen molar-refractivity contribution in [3.63, 3.8) is 0 Å². The van der Waals surface area contributed by atoms with E-state index in [4.69, 9.17) is 4.74 Å². The van der Waals surface area contributed by atoms with Gasteiger partial charge in [0.25, 0.3) is 0 Å². The maximum Gasteiger partial charge on any atom is 0.137 e. The van der Waals surface area contributed by atoms with Gasteiger partial charge in [-0.05, 0) is 37.9 Å². The predicted molar refractivity (Wildman–Crippen MR) is 71.3 cm³/mol. The van der Waals surface area contributed by atoms with Crippen molar-refractivity contribution in [2.24, 2.45) is 5.92 Å². The Bertz CT molecular complexity index is 305. The van der Waals surface area contributed by atoms with Crippen LogP contribution in [0.4, 0.5) is 0 Å². The summed E-state index contributed by atoms with van der Waals surface area (Å²) in [5, 5.41) is 3.24. The van der Waals surface area contributed by atoms with Crippen molar-refractivity contribution in [3.8, 4) is 5.75 Å². The van der Waals surface area contributed by atoms with E-state index in [1.54, 1.807) is 0 Å². The summed E-state index contributed by atoms with van der Waals surface area (Å²) in [7, 11) is 1.96. The minimum absolute atomic E-state index is 0.333. The molecule has 0 radical (unpaired) electrons. The van der Waals surface area contributed by atoms with Crippen molar-refractivity contribution in [3.05, 3.63) is 24.0 Å². The third-order valence-electron chi connectivity index (χ3n) is 2.84. The Balaban J connectivity index is 2.49. The van der Waals surface area contributed by atoms with Gasteiger partial charge in [0.2, 0.25) is 0 Å². The molecule has 0 spiro atoms. The van der Waals surface area contributed by atoms with Crippen LogP contribution in [0, 0.1) is 5.92 Å². The van der Waals surface area contributed by atoms with E-state index in [9.17, 15) is 0 Å². The van der Waals surface area contributed by atoms with Crippen molar-refractivity contribution in [1.29, 1.82) is 0 Å². The van der Waals surface area contributed by atoms with Crippen LogP contribution in [0.25, 0.3) is 0 Å². The lowest BCUT2D eigenvalue weighted by Gasteiger charge is -2.13. The lowest BCUT2D eigenvalue weighted by Crippen LogP contribution is -2.16. The number of hydrogen-bond acceptors (Lipinski definition) is 3. The van der Waals surface area contributed by atoms with Crippen LogP contribution in [0.15, 0.2) is 18.3 Å². The maximum absolute atomic E-state index is 5.64. The first-order chi connectivity index (χ1) is 8.17. The number of rotatable bonds is 7. The molecule has 0 saturated heterocycles. The van der Waals surface area contributed by atoms with E-state index >= 15 is 0 Å². The SMILES string of the molecule is CCC(NC)c1ccc(OCCC(C)C)cn1. The van der Waals surface area contributed by atoms with Crippen LogP contribution in [0.3, 0.4) is 0 Å². The largest absolute Gasteiger partial charge is 0.492 e. The smallest absolute Gasteiger partial charge is 0.137 e. The topological polar surface area (TPSA) is 34.1 Å². The van der Waals surface area contributed by atoms with Gasteiger partial charge in [-0.1, -0.05) is 20.8 Å². The zero-order valence-electron chi connectivity index (χ0n) is 11.4. The van der Waals surface area contributed by atoms with Crippen LogP contribution in [0.5, 0.6) is 5.75 Å². The number of nitrogens with one attached hydrogen (secondary N) is 1. The predicted octanol–water partition coefficient (Wildman–Crippen LogP) is 3.18. The van der Waals surface area contributed by atoms with Crippen molar-refractivity contribution in [2.45, 2.75) is 39.7 Å². The van der Waals surface area contributed by atoms with Crippen LogP contribution in [-0.2, 0) is 0 Å². The average Bonchev–Trinajstić information content (AvgIpc) is 2.32. The standard InChI is InChI=1S/C14H24N2O/c1-5-13(15-4)14-7-6-12(10-16-14)17-9-8-11(2)3/h6-7,10-11,13,15H,5,8-9H2,1-4H3. The zero-order valence-corrected chi connectivity index (χ0v) is 11.4. The van der Waals surface area contributed by atoms with Gasteiger partial charge in [0.1, 0.15) is 5.75 Å². The summed E-state index contributed by atoms with van der Waals surface area (Å²) < 4.78 is 5.64. The van der Waals surface area contributed by atoms with Crippen molar-refractivity contribution in [1.82, 2.24) is 10.3 Å². The van der Waals surface area contributed by atoms with E-state index in [0.29, 0.717) is 12.0 Å². The molecule has 1 aromatic heterocycles. The van der Waals surface area contributed by atoms with Crippen LogP contribution in [0.1, 0.15) is 45.3 Å². The monoisotopic (exact) mass is 236 g/mol. The Morgan fingerprint density at radius 1 is 1.35 bits per heavy atom. The quantitative estimate of drug-likeness (QED) is 0.789. The van der Waals surface area contributed by atoms with Gasteiger partial charge in [0.15, 0.2) is 0 Å². The molecule has 1 heterocycles. The molecule has 0 aliphatic carbocycles. The van der Waals surface area contributed by atoms with E-state index in [0.717, 1.165) is 30.9 Å². The fraction of sp³-hybridized carbons (Fsp3) is 0.643. The van der Waals surface area contributed by atoms with Crippen LogP contribution >= 0.6 is 0 Å². The van der Waals surface area contributed by atoms with E-state index in [1.807, 2.05) is 25.4 Å². The summed E-state index contributed by atoms with van der Waals surface area (Å²) in [5.41, 5.74) is 1.08. The molecular weight excluding hydrogens is 212 g/mol. The normalized spacial score (nSPS) is 12.8. The summed E-state index contributed by atoms with van der Waals surface area (Å²) in [6.45, 7) is 7.31. The molecule has 0 fully saturated rings. The molecule has 96 valence electrons. The van der Waals surface area contributed by atoms with Crippen LogP contribution in [-0.4, -0.2) is 18.6 Å². The van der Waals surface area contributed by atoms with E-state index < -0.39 is 0 Å². The molecule has 1 aromatic rings. The van der Waals surface area contributed by atoms with Gasteiger partial charge in [-0.2, -0.15) is 0 Å². The third-order valence-corrected chi connectivity index (χ3v) is 2.84. The van der Waals surface area contributed by atoms with Crippen molar-refractivity contribution >= 4 is 0 Å². The van der Waals surface area contributed by atoms with Gasteiger partial charge < -0.3 is 10.1 Å². The molecule has 17 heavy (non-hydrogen) atoms. The Hall–Kier alpha value is -1.09. The van der Waals surface area contributed by atoms with Gasteiger partial charge >= 0.3 is 0 Å².